The number of amides is 1. The Morgan fingerprint density at radius 2 is 2.15 bits per heavy atom. The van der Waals surface area contributed by atoms with Crippen LogP contribution in [-0.4, -0.2) is 26.7 Å². The largest absolute Gasteiger partial charge is 0.293 e. The van der Waals surface area contributed by atoms with Crippen LogP contribution in [0.15, 0.2) is 41.4 Å². The van der Waals surface area contributed by atoms with Gasteiger partial charge in [0, 0.05) is 18.1 Å². The molecule has 0 atom stereocenters. The van der Waals surface area contributed by atoms with Gasteiger partial charge in [-0.05, 0) is 30.7 Å². The molecule has 1 fully saturated rings. The maximum Gasteiger partial charge on any atom is 0.266 e. The minimum Gasteiger partial charge on any atom is -0.293 e. The number of fused-ring (bicyclic) bond motifs is 1. The van der Waals surface area contributed by atoms with Crippen LogP contribution in [0.4, 0.5) is 0 Å². The molecule has 0 N–H and O–H groups in total. The molecule has 0 aliphatic carbocycles. The number of rotatable bonds is 2. The summed E-state index contributed by atoms with van der Waals surface area (Å²) in [6.45, 7) is 2.54. The first-order valence-corrected chi connectivity index (χ1v) is 7.52. The van der Waals surface area contributed by atoms with Crippen LogP contribution in [0.2, 0.25) is 0 Å². The van der Waals surface area contributed by atoms with Gasteiger partial charge in [-0.15, -0.1) is 0 Å². The van der Waals surface area contributed by atoms with Crippen molar-refractivity contribution >= 4 is 51.2 Å². The molecule has 20 heavy (non-hydrogen) atoms. The summed E-state index contributed by atoms with van der Waals surface area (Å²) in [6, 6.07) is 9.81. The third-order valence-corrected chi connectivity index (χ3v) is 4.54. The first-order chi connectivity index (χ1) is 9.70. The molecular formula is C15H12N2OS2. The van der Waals surface area contributed by atoms with Gasteiger partial charge in [-0.3, -0.25) is 14.7 Å². The van der Waals surface area contributed by atoms with Crippen LogP contribution in [0, 0.1) is 0 Å². The predicted molar refractivity (Wildman–Crippen MR) is 87.3 cm³/mol. The van der Waals surface area contributed by atoms with Crippen LogP contribution in [0.1, 0.15) is 12.5 Å². The number of thiocarbonyl (C=S) groups is 1. The van der Waals surface area contributed by atoms with Crippen molar-refractivity contribution < 1.29 is 4.79 Å². The fourth-order valence-corrected chi connectivity index (χ4v) is 3.53. The van der Waals surface area contributed by atoms with E-state index >= 15 is 0 Å². The number of nitrogens with zero attached hydrogens (tertiary/aromatic N) is 2. The van der Waals surface area contributed by atoms with Gasteiger partial charge in [0.2, 0.25) is 0 Å². The second-order valence-electron chi connectivity index (χ2n) is 4.34. The molecule has 0 saturated carbocycles. The standard InChI is InChI=1S/C15H12N2OS2/c1-2-17-14(18)13(20-15(17)19)9-10-7-8-16-12-6-4-3-5-11(10)12/h3-9H,2H2,1H3/b13-9-. The van der Waals surface area contributed by atoms with Gasteiger partial charge in [-0.25, -0.2) is 0 Å². The topological polar surface area (TPSA) is 33.2 Å². The maximum atomic E-state index is 12.2. The van der Waals surface area contributed by atoms with Crippen molar-refractivity contribution in [3.05, 3.63) is 47.0 Å². The number of carbonyl (C=O) groups is 1. The van der Waals surface area contributed by atoms with Crippen LogP contribution in [-0.2, 0) is 4.79 Å². The second kappa shape index (κ2) is 5.34. The summed E-state index contributed by atoms with van der Waals surface area (Å²) in [7, 11) is 0. The van der Waals surface area contributed by atoms with Crippen LogP contribution in [0.3, 0.4) is 0 Å². The number of likely N-dealkylation sites (N-methyl/N-ethyl adjacent to an activating group) is 1. The van der Waals surface area contributed by atoms with Gasteiger partial charge in [0.25, 0.3) is 5.91 Å². The molecule has 1 amide bonds. The Hall–Kier alpha value is -1.72. The summed E-state index contributed by atoms with van der Waals surface area (Å²) in [4.78, 5) is 18.8. The molecular weight excluding hydrogens is 288 g/mol. The highest BCUT2D eigenvalue weighted by Crippen LogP contribution is 2.33. The lowest BCUT2D eigenvalue weighted by Crippen LogP contribution is -2.27. The van der Waals surface area contributed by atoms with Gasteiger partial charge in [0.1, 0.15) is 4.32 Å². The second-order valence-corrected chi connectivity index (χ2v) is 6.02. The third kappa shape index (κ3) is 2.23. The highest BCUT2D eigenvalue weighted by atomic mass is 32.2. The van der Waals surface area contributed by atoms with Crippen LogP contribution < -0.4 is 0 Å². The minimum atomic E-state index is -0.0107. The first-order valence-electron chi connectivity index (χ1n) is 6.30. The molecule has 2 heterocycles. The highest BCUT2D eigenvalue weighted by molar-refractivity contribution is 8.26. The zero-order chi connectivity index (χ0) is 14.1. The summed E-state index contributed by atoms with van der Waals surface area (Å²) in [5, 5.41) is 1.04. The zero-order valence-electron chi connectivity index (χ0n) is 10.9. The van der Waals surface area contributed by atoms with Crippen molar-refractivity contribution in [2.24, 2.45) is 0 Å². The summed E-state index contributed by atoms with van der Waals surface area (Å²) in [5.41, 5.74) is 1.92. The predicted octanol–water partition coefficient (Wildman–Crippen LogP) is 3.46. The number of aromatic nitrogens is 1. The monoisotopic (exact) mass is 300 g/mol. The van der Waals surface area contributed by atoms with Crippen LogP contribution in [0.5, 0.6) is 0 Å². The SMILES string of the molecule is CCN1C(=O)/C(=C/c2ccnc3ccccc23)SC1=S. The summed E-state index contributed by atoms with van der Waals surface area (Å²) in [5.74, 6) is -0.0107. The third-order valence-electron chi connectivity index (χ3n) is 3.16. The van der Waals surface area contributed by atoms with E-state index in [0.717, 1.165) is 16.5 Å². The summed E-state index contributed by atoms with van der Waals surface area (Å²) < 4.78 is 0.627. The summed E-state index contributed by atoms with van der Waals surface area (Å²) >= 11 is 6.58. The van der Waals surface area contributed by atoms with Crippen molar-refractivity contribution in [3.63, 3.8) is 0 Å². The van der Waals surface area contributed by atoms with Crippen molar-refractivity contribution in [1.82, 2.24) is 9.88 Å². The number of hydrogen-bond acceptors (Lipinski definition) is 4. The molecule has 1 aliphatic heterocycles. The Labute approximate surface area is 126 Å². The fourth-order valence-electron chi connectivity index (χ4n) is 2.16. The Bertz CT molecular complexity index is 734. The molecule has 1 aromatic carbocycles. The summed E-state index contributed by atoms with van der Waals surface area (Å²) in [6.07, 6.45) is 3.66. The average molecular weight is 300 g/mol. The number of benzene rings is 1. The lowest BCUT2D eigenvalue weighted by atomic mass is 10.1. The van der Waals surface area contributed by atoms with E-state index in [4.69, 9.17) is 12.2 Å². The van der Waals surface area contributed by atoms with E-state index in [1.807, 2.05) is 43.3 Å². The van der Waals surface area contributed by atoms with E-state index < -0.39 is 0 Å². The van der Waals surface area contributed by atoms with E-state index in [0.29, 0.717) is 15.8 Å². The zero-order valence-corrected chi connectivity index (χ0v) is 12.5. The van der Waals surface area contributed by atoms with Crippen molar-refractivity contribution in [3.8, 4) is 0 Å². The minimum absolute atomic E-state index is 0.0107. The van der Waals surface area contributed by atoms with Crippen LogP contribution in [0.25, 0.3) is 17.0 Å². The van der Waals surface area contributed by atoms with Crippen LogP contribution >= 0.6 is 24.0 Å². The fraction of sp³-hybridized carbons (Fsp3) is 0.133. The average Bonchev–Trinajstić information content (AvgIpc) is 2.73. The smallest absolute Gasteiger partial charge is 0.266 e. The Morgan fingerprint density at radius 1 is 1.35 bits per heavy atom. The lowest BCUT2D eigenvalue weighted by Gasteiger charge is -2.09. The normalized spacial score (nSPS) is 17.4. The van der Waals surface area contributed by atoms with Gasteiger partial charge in [-0.1, -0.05) is 42.2 Å². The molecule has 0 radical (unpaired) electrons. The van der Waals surface area contributed by atoms with Gasteiger partial charge in [0.05, 0.1) is 10.4 Å². The number of thioether (sulfide) groups is 1. The van der Waals surface area contributed by atoms with Crippen molar-refractivity contribution in [1.29, 1.82) is 0 Å². The molecule has 5 heteroatoms. The molecule has 3 rings (SSSR count). The van der Waals surface area contributed by atoms with E-state index in [2.05, 4.69) is 4.98 Å². The van der Waals surface area contributed by atoms with E-state index in [9.17, 15) is 4.79 Å². The van der Waals surface area contributed by atoms with Gasteiger partial charge >= 0.3 is 0 Å². The van der Waals surface area contributed by atoms with Gasteiger partial charge < -0.3 is 0 Å². The van der Waals surface area contributed by atoms with E-state index in [1.165, 1.54) is 11.8 Å². The van der Waals surface area contributed by atoms with Gasteiger partial charge in [-0.2, -0.15) is 0 Å². The number of para-hydroxylation sites is 1. The lowest BCUT2D eigenvalue weighted by molar-refractivity contribution is -0.121. The number of carbonyl (C=O) groups excluding carboxylic acids is 1. The van der Waals surface area contributed by atoms with Gasteiger partial charge in [0.15, 0.2) is 0 Å². The Morgan fingerprint density at radius 3 is 2.90 bits per heavy atom. The van der Waals surface area contributed by atoms with Crippen molar-refractivity contribution in [2.45, 2.75) is 6.92 Å². The molecule has 0 bridgehead atoms. The molecule has 3 nitrogen and oxygen atoms in total. The molecule has 1 aromatic heterocycles. The molecule has 0 spiro atoms. The quantitative estimate of drug-likeness (QED) is 0.628. The molecule has 1 aliphatic rings. The maximum absolute atomic E-state index is 12.2. The molecule has 100 valence electrons. The molecule has 0 unspecified atom stereocenters. The highest BCUT2D eigenvalue weighted by Gasteiger charge is 2.30. The number of hydrogen-bond donors (Lipinski definition) is 0. The van der Waals surface area contributed by atoms with Crippen molar-refractivity contribution in [2.75, 3.05) is 6.54 Å². The molecule has 1 saturated heterocycles. The first kappa shape index (κ1) is 13.3. The molecule has 2 aromatic rings. The van der Waals surface area contributed by atoms with E-state index in [-0.39, 0.29) is 5.91 Å². The Kier molecular flexibility index (Phi) is 3.54. The van der Waals surface area contributed by atoms with E-state index in [1.54, 1.807) is 11.1 Å². The number of pyridine rings is 1. The Balaban J connectivity index is 2.07.